The second kappa shape index (κ2) is 8.52. The number of hydrogen-bond donors (Lipinski definition) is 0. The Morgan fingerprint density at radius 1 is 1.25 bits per heavy atom. The molecule has 6 nitrogen and oxygen atoms in total. The second-order valence-electron chi connectivity index (χ2n) is 7.27. The average Bonchev–Trinajstić information content (AvgIpc) is 3.37. The lowest BCUT2D eigenvalue weighted by Crippen LogP contribution is -2.37. The van der Waals surface area contributed by atoms with Gasteiger partial charge in [-0.05, 0) is 44.5 Å². The molecule has 3 aromatic rings. The van der Waals surface area contributed by atoms with Gasteiger partial charge in [0.05, 0.1) is 31.2 Å². The Morgan fingerprint density at radius 2 is 2.14 bits per heavy atom. The number of benzene rings is 1. The van der Waals surface area contributed by atoms with Gasteiger partial charge in [-0.2, -0.15) is 0 Å². The van der Waals surface area contributed by atoms with Crippen molar-refractivity contribution in [2.45, 2.75) is 26.3 Å². The lowest BCUT2D eigenvalue weighted by atomic mass is 9.99. The van der Waals surface area contributed by atoms with Gasteiger partial charge in [-0.25, -0.2) is 4.98 Å². The standard InChI is InChI=1S/C22H26N2O4/c1-16-21(23-22(28-16)18-8-10-26-15-18)13-24-9-4-5-17(12-24)14-27-20-7-3-6-19(11-20)25-2/h3,6-8,10-11,15,17H,4-5,9,12-14H2,1-2H3. The van der Waals surface area contributed by atoms with Crippen molar-refractivity contribution in [3.8, 4) is 23.0 Å². The molecule has 0 N–H and O–H groups in total. The Bertz CT molecular complexity index is 888. The Hall–Kier alpha value is -2.73. The number of hydrogen-bond acceptors (Lipinski definition) is 6. The summed E-state index contributed by atoms with van der Waals surface area (Å²) in [5.74, 6) is 3.66. The molecule has 1 saturated heterocycles. The zero-order chi connectivity index (χ0) is 19.3. The Kier molecular flexibility index (Phi) is 5.67. The summed E-state index contributed by atoms with van der Waals surface area (Å²) >= 11 is 0. The minimum atomic E-state index is 0.500. The van der Waals surface area contributed by atoms with Gasteiger partial charge < -0.3 is 18.3 Å². The van der Waals surface area contributed by atoms with Gasteiger partial charge in [-0.3, -0.25) is 4.90 Å². The molecule has 1 aliphatic heterocycles. The quantitative estimate of drug-likeness (QED) is 0.598. The molecule has 0 spiro atoms. The molecule has 148 valence electrons. The molecular weight excluding hydrogens is 356 g/mol. The van der Waals surface area contributed by atoms with E-state index >= 15 is 0 Å². The van der Waals surface area contributed by atoms with E-state index in [1.807, 2.05) is 37.3 Å². The number of aryl methyl sites for hydroxylation is 1. The second-order valence-corrected chi connectivity index (χ2v) is 7.27. The Labute approximate surface area is 165 Å². The van der Waals surface area contributed by atoms with Crippen molar-refractivity contribution in [2.24, 2.45) is 5.92 Å². The number of piperidine rings is 1. The maximum Gasteiger partial charge on any atom is 0.229 e. The summed E-state index contributed by atoms with van der Waals surface area (Å²) in [4.78, 5) is 7.11. The van der Waals surface area contributed by atoms with E-state index in [0.29, 0.717) is 18.4 Å². The van der Waals surface area contributed by atoms with Gasteiger partial charge in [0.15, 0.2) is 0 Å². The number of nitrogens with zero attached hydrogens (tertiary/aromatic N) is 2. The van der Waals surface area contributed by atoms with Crippen LogP contribution in [0.3, 0.4) is 0 Å². The third-order valence-electron chi connectivity index (χ3n) is 5.16. The molecule has 4 rings (SSSR count). The minimum Gasteiger partial charge on any atom is -0.497 e. The molecule has 3 heterocycles. The molecule has 1 aliphatic rings. The molecule has 0 aliphatic carbocycles. The maximum absolute atomic E-state index is 6.01. The van der Waals surface area contributed by atoms with Crippen LogP contribution in [0.25, 0.3) is 11.5 Å². The fourth-order valence-corrected chi connectivity index (χ4v) is 3.63. The lowest BCUT2D eigenvalue weighted by molar-refractivity contribution is 0.123. The van der Waals surface area contributed by atoms with Crippen LogP contribution < -0.4 is 9.47 Å². The van der Waals surface area contributed by atoms with E-state index in [2.05, 4.69) is 9.88 Å². The Balaban J connectivity index is 1.34. The van der Waals surface area contributed by atoms with Crippen molar-refractivity contribution in [1.82, 2.24) is 9.88 Å². The highest BCUT2D eigenvalue weighted by atomic mass is 16.5. The monoisotopic (exact) mass is 382 g/mol. The summed E-state index contributed by atoms with van der Waals surface area (Å²) in [6, 6.07) is 9.64. The third-order valence-corrected chi connectivity index (χ3v) is 5.16. The summed E-state index contributed by atoms with van der Waals surface area (Å²) in [6.07, 6.45) is 5.63. The molecule has 1 unspecified atom stereocenters. The van der Waals surface area contributed by atoms with E-state index < -0.39 is 0 Å². The van der Waals surface area contributed by atoms with E-state index in [1.165, 1.54) is 6.42 Å². The van der Waals surface area contributed by atoms with Crippen LogP contribution in [-0.2, 0) is 6.54 Å². The van der Waals surface area contributed by atoms with Gasteiger partial charge in [0.25, 0.3) is 0 Å². The number of aromatic nitrogens is 1. The number of ether oxygens (including phenoxy) is 2. The topological polar surface area (TPSA) is 60.9 Å². The van der Waals surface area contributed by atoms with Crippen molar-refractivity contribution in [3.63, 3.8) is 0 Å². The van der Waals surface area contributed by atoms with Crippen molar-refractivity contribution < 1.29 is 18.3 Å². The van der Waals surface area contributed by atoms with Crippen molar-refractivity contribution in [3.05, 3.63) is 54.3 Å². The summed E-state index contributed by atoms with van der Waals surface area (Å²) in [6.45, 7) is 5.55. The van der Waals surface area contributed by atoms with Gasteiger partial charge in [-0.15, -0.1) is 0 Å². The van der Waals surface area contributed by atoms with Crippen LogP contribution in [0.4, 0.5) is 0 Å². The predicted octanol–water partition coefficient (Wildman–Crippen LogP) is 4.54. The van der Waals surface area contributed by atoms with Gasteiger partial charge in [0, 0.05) is 25.1 Å². The third kappa shape index (κ3) is 4.39. The molecule has 0 amide bonds. The van der Waals surface area contributed by atoms with Crippen LogP contribution >= 0.6 is 0 Å². The zero-order valence-corrected chi connectivity index (χ0v) is 16.4. The maximum atomic E-state index is 6.01. The van der Waals surface area contributed by atoms with Gasteiger partial charge in [0.2, 0.25) is 5.89 Å². The number of rotatable bonds is 7. The first-order valence-corrected chi connectivity index (χ1v) is 9.69. The number of methoxy groups -OCH3 is 1. The van der Waals surface area contributed by atoms with Crippen molar-refractivity contribution in [1.29, 1.82) is 0 Å². The highest BCUT2D eigenvalue weighted by Crippen LogP contribution is 2.26. The smallest absolute Gasteiger partial charge is 0.229 e. The first-order chi connectivity index (χ1) is 13.7. The average molecular weight is 382 g/mol. The summed E-state index contributed by atoms with van der Waals surface area (Å²) in [5, 5.41) is 0. The number of furan rings is 1. The summed E-state index contributed by atoms with van der Waals surface area (Å²) < 4.78 is 22.2. The van der Waals surface area contributed by atoms with Crippen LogP contribution in [0.5, 0.6) is 11.5 Å². The predicted molar refractivity (Wildman–Crippen MR) is 105 cm³/mol. The summed E-state index contributed by atoms with van der Waals surface area (Å²) in [5.41, 5.74) is 1.86. The van der Waals surface area contributed by atoms with E-state index in [-0.39, 0.29) is 0 Å². The van der Waals surface area contributed by atoms with Crippen LogP contribution in [0.1, 0.15) is 24.3 Å². The van der Waals surface area contributed by atoms with Crippen molar-refractivity contribution >= 4 is 0 Å². The zero-order valence-electron chi connectivity index (χ0n) is 16.4. The molecule has 0 bridgehead atoms. The highest BCUT2D eigenvalue weighted by Gasteiger charge is 2.23. The molecular formula is C22H26N2O4. The molecule has 1 fully saturated rings. The molecule has 0 radical (unpaired) electrons. The van der Waals surface area contributed by atoms with Crippen LogP contribution in [0, 0.1) is 12.8 Å². The molecule has 2 aromatic heterocycles. The Morgan fingerprint density at radius 3 is 2.96 bits per heavy atom. The fourth-order valence-electron chi connectivity index (χ4n) is 3.63. The highest BCUT2D eigenvalue weighted by molar-refractivity contribution is 5.51. The SMILES string of the molecule is COc1cccc(OCC2CCCN(Cc3nc(-c4ccoc4)oc3C)C2)c1. The van der Waals surface area contributed by atoms with E-state index in [4.69, 9.17) is 18.3 Å². The van der Waals surface area contributed by atoms with Gasteiger partial charge in [0.1, 0.15) is 23.5 Å². The molecule has 28 heavy (non-hydrogen) atoms. The molecule has 0 saturated carbocycles. The molecule has 1 aromatic carbocycles. The lowest BCUT2D eigenvalue weighted by Gasteiger charge is -2.32. The molecule has 6 heteroatoms. The normalized spacial score (nSPS) is 17.6. The van der Waals surface area contributed by atoms with E-state index in [1.54, 1.807) is 19.6 Å². The van der Waals surface area contributed by atoms with Crippen LogP contribution in [0.2, 0.25) is 0 Å². The van der Waals surface area contributed by atoms with E-state index in [0.717, 1.165) is 54.6 Å². The number of likely N-dealkylation sites (tertiary alicyclic amines) is 1. The van der Waals surface area contributed by atoms with Gasteiger partial charge >= 0.3 is 0 Å². The number of oxazole rings is 1. The first kappa shape index (κ1) is 18.6. The largest absolute Gasteiger partial charge is 0.497 e. The van der Waals surface area contributed by atoms with Crippen LogP contribution in [-0.4, -0.2) is 36.7 Å². The van der Waals surface area contributed by atoms with Crippen LogP contribution in [0.15, 0.2) is 51.7 Å². The molecule has 1 atom stereocenters. The van der Waals surface area contributed by atoms with Gasteiger partial charge in [-0.1, -0.05) is 6.07 Å². The van der Waals surface area contributed by atoms with E-state index in [9.17, 15) is 0 Å². The van der Waals surface area contributed by atoms with Crippen molar-refractivity contribution in [2.75, 3.05) is 26.8 Å². The first-order valence-electron chi connectivity index (χ1n) is 9.69. The fraction of sp³-hybridized carbons (Fsp3) is 0.409. The minimum absolute atomic E-state index is 0.500. The summed E-state index contributed by atoms with van der Waals surface area (Å²) in [7, 11) is 1.67.